The van der Waals surface area contributed by atoms with Gasteiger partial charge in [0.1, 0.15) is 5.75 Å². The summed E-state index contributed by atoms with van der Waals surface area (Å²) in [6.07, 6.45) is 0. The molecule has 0 unspecified atom stereocenters. The van der Waals surface area contributed by atoms with E-state index in [9.17, 15) is 9.59 Å². The maximum atomic E-state index is 12.4. The normalized spacial score (nSPS) is 10.1. The van der Waals surface area contributed by atoms with Gasteiger partial charge in [0.05, 0.1) is 23.5 Å². The summed E-state index contributed by atoms with van der Waals surface area (Å²) in [4.78, 5) is 24.7. The number of benzene rings is 3. The van der Waals surface area contributed by atoms with Crippen molar-refractivity contribution in [2.24, 2.45) is 0 Å². The predicted molar refractivity (Wildman–Crippen MR) is 107 cm³/mol. The number of anilines is 2. The van der Waals surface area contributed by atoms with Gasteiger partial charge >= 0.3 is 0 Å². The van der Waals surface area contributed by atoms with Gasteiger partial charge in [0.25, 0.3) is 11.8 Å². The molecule has 0 atom stereocenters. The summed E-state index contributed by atoms with van der Waals surface area (Å²) >= 11 is 6.05. The zero-order chi connectivity index (χ0) is 19.2. The molecule has 0 aliphatic heterocycles. The summed E-state index contributed by atoms with van der Waals surface area (Å²) in [5.74, 6) is -0.0288. The quantitative estimate of drug-likeness (QED) is 0.664. The molecule has 0 aliphatic rings. The van der Waals surface area contributed by atoms with Crippen molar-refractivity contribution in [3.05, 3.63) is 88.9 Å². The van der Waals surface area contributed by atoms with Crippen LogP contribution >= 0.6 is 11.6 Å². The van der Waals surface area contributed by atoms with E-state index in [2.05, 4.69) is 10.6 Å². The third-order valence-electron chi connectivity index (χ3n) is 3.89. The molecule has 3 aromatic carbocycles. The van der Waals surface area contributed by atoms with Crippen molar-refractivity contribution < 1.29 is 14.3 Å². The summed E-state index contributed by atoms with van der Waals surface area (Å²) in [6.45, 7) is 0. The van der Waals surface area contributed by atoms with Gasteiger partial charge in [-0.05, 0) is 48.5 Å². The first-order chi connectivity index (χ1) is 13.1. The second-order valence-electron chi connectivity index (χ2n) is 5.67. The molecule has 136 valence electrons. The maximum Gasteiger partial charge on any atom is 0.255 e. The fourth-order valence-electron chi connectivity index (χ4n) is 2.47. The summed E-state index contributed by atoms with van der Waals surface area (Å²) in [7, 11) is 1.54. The Hall–Kier alpha value is -3.31. The number of para-hydroxylation sites is 3. The molecule has 27 heavy (non-hydrogen) atoms. The molecule has 5 nitrogen and oxygen atoms in total. The van der Waals surface area contributed by atoms with Crippen LogP contribution in [-0.4, -0.2) is 18.9 Å². The highest BCUT2D eigenvalue weighted by atomic mass is 35.5. The van der Waals surface area contributed by atoms with Crippen LogP contribution in [0.25, 0.3) is 0 Å². The molecule has 3 rings (SSSR count). The first-order valence-electron chi connectivity index (χ1n) is 8.19. The van der Waals surface area contributed by atoms with Crippen molar-refractivity contribution in [1.82, 2.24) is 0 Å². The Bertz CT molecular complexity index is 971. The van der Waals surface area contributed by atoms with Gasteiger partial charge < -0.3 is 15.4 Å². The van der Waals surface area contributed by atoms with Gasteiger partial charge in [0, 0.05) is 11.1 Å². The lowest BCUT2D eigenvalue weighted by atomic mass is 10.1. The highest BCUT2D eigenvalue weighted by molar-refractivity contribution is 6.33. The Balaban J connectivity index is 1.70. The first kappa shape index (κ1) is 18.5. The zero-order valence-electron chi connectivity index (χ0n) is 14.5. The van der Waals surface area contributed by atoms with E-state index in [0.29, 0.717) is 33.3 Å². The average molecular weight is 381 g/mol. The molecule has 0 fully saturated rings. The molecule has 0 saturated heterocycles. The van der Waals surface area contributed by atoms with Crippen molar-refractivity contribution in [2.75, 3.05) is 17.7 Å². The number of halogens is 1. The second-order valence-corrected chi connectivity index (χ2v) is 6.07. The van der Waals surface area contributed by atoms with Crippen LogP contribution in [0.4, 0.5) is 11.4 Å². The lowest BCUT2D eigenvalue weighted by molar-refractivity contribution is 0.101. The van der Waals surface area contributed by atoms with E-state index in [1.54, 1.807) is 66.7 Å². The Morgan fingerprint density at radius 1 is 0.741 bits per heavy atom. The summed E-state index contributed by atoms with van der Waals surface area (Å²) in [5.41, 5.74) is 1.95. The van der Waals surface area contributed by atoms with Crippen LogP contribution in [0, 0.1) is 0 Å². The van der Waals surface area contributed by atoms with Crippen LogP contribution in [0.2, 0.25) is 5.02 Å². The predicted octanol–water partition coefficient (Wildman–Crippen LogP) is 4.85. The minimum atomic E-state index is -0.306. The van der Waals surface area contributed by atoms with Crippen LogP contribution in [0.5, 0.6) is 5.75 Å². The van der Waals surface area contributed by atoms with Crippen LogP contribution in [-0.2, 0) is 0 Å². The minimum Gasteiger partial charge on any atom is -0.495 e. The number of methoxy groups -OCH3 is 1. The summed E-state index contributed by atoms with van der Waals surface area (Å²) in [5, 5.41) is 5.99. The number of ether oxygens (including phenoxy) is 1. The SMILES string of the molecule is COc1ccccc1NC(=O)c1ccc(C(=O)Nc2ccccc2Cl)cc1. The summed E-state index contributed by atoms with van der Waals surface area (Å²) in [6, 6.07) is 20.5. The Labute approximate surface area is 161 Å². The van der Waals surface area contributed by atoms with Gasteiger partial charge in [0.15, 0.2) is 0 Å². The molecule has 2 N–H and O–H groups in total. The fourth-order valence-corrected chi connectivity index (χ4v) is 2.66. The molecule has 0 radical (unpaired) electrons. The molecular formula is C21H17ClN2O3. The van der Waals surface area contributed by atoms with Crippen LogP contribution in [0.15, 0.2) is 72.8 Å². The molecule has 0 aromatic heterocycles. The molecule has 0 saturated carbocycles. The number of carbonyl (C=O) groups is 2. The monoisotopic (exact) mass is 380 g/mol. The Morgan fingerprint density at radius 3 is 1.78 bits per heavy atom. The van der Waals surface area contributed by atoms with Crippen molar-refractivity contribution in [1.29, 1.82) is 0 Å². The van der Waals surface area contributed by atoms with Crippen molar-refractivity contribution in [2.45, 2.75) is 0 Å². The second kappa shape index (κ2) is 8.38. The van der Waals surface area contributed by atoms with Crippen molar-refractivity contribution in [3.8, 4) is 5.75 Å². The summed E-state index contributed by atoms with van der Waals surface area (Å²) < 4.78 is 5.22. The Kier molecular flexibility index (Phi) is 5.74. The smallest absolute Gasteiger partial charge is 0.255 e. The molecule has 6 heteroatoms. The number of nitrogens with one attached hydrogen (secondary N) is 2. The molecule has 0 heterocycles. The standard InChI is InChI=1S/C21H17ClN2O3/c1-27-19-9-5-4-8-18(19)24-21(26)15-12-10-14(11-13-15)20(25)23-17-7-3-2-6-16(17)22/h2-13H,1H3,(H,23,25)(H,24,26). The number of hydrogen-bond acceptors (Lipinski definition) is 3. The van der Waals surface area contributed by atoms with E-state index < -0.39 is 0 Å². The minimum absolute atomic E-state index is 0.294. The van der Waals surface area contributed by atoms with Crippen LogP contribution < -0.4 is 15.4 Å². The molecule has 0 spiro atoms. The van der Waals surface area contributed by atoms with Gasteiger partial charge in [-0.1, -0.05) is 35.9 Å². The van der Waals surface area contributed by atoms with Crippen molar-refractivity contribution >= 4 is 34.8 Å². The largest absolute Gasteiger partial charge is 0.495 e. The van der Waals surface area contributed by atoms with E-state index in [-0.39, 0.29) is 11.8 Å². The zero-order valence-corrected chi connectivity index (χ0v) is 15.3. The third kappa shape index (κ3) is 4.46. The number of hydrogen-bond donors (Lipinski definition) is 2. The van der Waals surface area contributed by atoms with E-state index >= 15 is 0 Å². The van der Waals surface area contributed by atoms with Gasteiger partial charge in [-0.15, -0.1) is 0 Å². The van der Waals surface area contributed by atoms with Crippen LogP contribution in [0.1, 0.15) is 20.7 Å². The third-order valence-corrected chi connectivity index (χ3v) is 4.22. The maximum absolute atomic E-state index is 12.4. The lowest BCUT2D eigenvalue weighted by Gasteiger charge is -2.10. The van der Waals surface area contributed by atoms with E-state index in [4.69, 9.17) is 16.3 Å². The number of rotatable bonds is 5. The fraction of sp³-hybridized carbons (Fsp3) is 0.0476. The van der Waals surface area contributed by atoms with Gasteiger partial charge in [-0.2, -0.15) is 0 Å². The highest BCUT2D eigenvalue weighted by Crippen LogP contribution is 2.24. The lowest BCUT2D eigenvalue weighted by Crippen LogP contribution is -2.14. The van der Waals surface area contributed by atoms with Gasteiger partial charge in [-0.3, -0.25) is 9.59 Å². The van der Waals surface area contributed by atoms with E-state index in [0.717, 1.165) is 0 Å². The van der Waals surface area contributed by atoms with Crippen molar-refractivity contribution in [3.63, 3.8) is 0 Å². The topological polar surface area (TPSA) is 67.4 Å². The van der Waals surface area contributed by atoms with Crippen LogP contribution in [0.3, 0.4) is 0 Å². The molecule has 3 aromatic rings. The Morgan fingerprint density at radius 2 is 1.22 bits per heavy atom. The molecule has 0 bridgehead atoms. The van der Waals surface area contributed by atoms with E-state index in [1.165, 1.54) is 7.11 Å². The van der Waals surface area contributed by atoms with Gasteiger partial charge in [0.2, 0.25) is 0 Å². The average Bonchev–Trinajstić information content (AvgIpc) is 2.70. The van der Waals surface area contributed by atoms with E-state index in [1.807, 2.05) is 6.07 Å². The van der Waals surface area contributed by atoms with Gasteiger partial charge in [-0.25, -0.2) is 0 Å². The number of amides is 2. The number of carbonyl (C=O) groups excluding carboxylic acids is 2. The molecule has 0 aliphatic carbocycles. The molecule has 2 amide bonds. The first-order valence-corrected chi connectivity index (χ1v) is 8.56. The highest BCUT2D eigenvalue weighted by Gasteiger charge is 2.12. The molecular weight excluding hydrogens is 364 g/mol.